The number of piperazine rings is 1. The van der Waals surface area contributed by atoms with Gasteiger partial charge in [0.1, 0.15) is 11.3 Å². The second-order valence-corrected chi connectivity index (χ2v) is 9.67. The Balaban J connectivity index is 2.01. The van der Waals surface area contributed by atoms with Crippen LogP contribution in [0.3, 0.4) is 0 Å². The SMILES string of the molecule is COc1cccc(N2C(=O)CN(S(C)(=O)=O)C[C@]2(C)C(=O)NC2CCCC2)c1. The molecule has 1 saturated carbocycles. The minimum atomic E-state index is -3.63. The van der Waals surface area contributed by atoms with Gasteiger partial charge in [0.05, 0.1) is 19.9 Å². The van der Waals surface area contributed by atoms with E-state index in [0.717, 1.165) is 36.2 Å². The largest absolute Gasteiger partial charge is 0.497 e. The van der Waals surface area contributed by atoms with Gasteiger partial charge in [0.2, 0.25) is 21.8 Å². The first-order valence-corrected chi connectivity index (χ1v) is 11.2. The van der Waals surface area contributed by atoms with E-state index in [1.165, 1.54) is 12.0 Å². The van der Waals surface area contributed by atoms with Crippen molar-refractivity contribution in [1.29, 1.82) is 0 Å². The summed E-state index contributed by atoms with van der Waals surface area (Å²) in [7, 11) is -2.11. The lowest BCUT2D eigenvalue weighted by Gasteiger charge is -2.46. The standard InChI is InChI=1S/C19H27N3O5S/c1-19(18(24)20-14-7-4-5-8-14)13-21(28(3,25)26)12-17(23)22(19)15-9-6-10-16(11-15)27-2/h6,9-11,14H,4-5,7-8,12-13H2,1-3H3,(H,20,24)/t19-/m1/s1. The van der Waals surface area contributed by atoms with Crippen molar-refractivity contribution in [3.8, 4) is 5.75 Å². The molecule has 9 heteroatoms. The van der Waals surface area contributed by atoms with Crippen molar-refractivity contribution in [2.24, 2.45) is 0 Å². The van der Waals surface area contributed by atoms with Crippen LogP contribution in [0.15, 0.2) is 24.3 Å². The molecule has 1 saturated heterocycles. The van der Waals surface area contributed by atoms with E-state index in [1.54, 1.807) is 31.2 Å². The molecule has 28 heavy (non-hydrogen) atoms. The summed E-state index contributed by atoms with van der Waals surface area (Å²) >= 11 is 0. The Morgan fingerprint density at radius 1 is 1.29 bits per heavy atom. The van der Waals surface area contributed by atoms with Crippen LogP contribution in [0.25, 0.3) is 0 Å². The van der Waals surface area contributed by atoms with Crippen LogP contribution in [0.4, 0.5) is 5.69 Å². The van der Waals surface area contributed by atoms with E-state index >= 15 is 0 Å². The molecule has 3 rings (SSSR count). The van der Waals surface area contributed by atoms with Gasteiger partial charge in [-0.1, -0.05) is 18.9 Å². The third-order valence-corrected chi connectivity index (χ3v) is 6.70. The Bertz CT molecular complexity index is 866. The molecule has 0 bridgehead atoms. The zero-order valence-corrected chi connectivity index (χ0v) is 17.3. The molecule has 8 nitrogen and oxygen atoms in total. The molecule has 1 aliphatic heterocycles. The first-order chi connectivity index (χ1) is 13.1. The highest BCUT2D eigenvalue weighted by molar-refractivity contribution is 7.88. The molecule has 1 aromatic carbocycles. The van der Waals surface area contributed by atoms with E-state index < -0.39 is 21.5 Å². The zero-order valence-electron chi connectivity index (χ0n) is 16.5. The van der Waals surface area contributed by atoms with Crippen molar-refractivity contribution in [3.05, 3.63) is 24.3 Å². The third kappa shape index (κ3) is 4.00. The molecule has 1 heterocycles. The second kappa shape index (κ2) is 7.71. The average molecular weight is 410 g/mol. The number of sulfonamides is 1. The predicted octanol–water partition coefficient (Wildman–Crippen LogP) is 1.12. The van der Waals surface area contributed by atoms with Crippen LogP contribution < -0.4 is 15.0 Å². The van der Waals surface area contributed by atoms with Gasteiger partial charge in [-0.2, -0.15) is 4.31 Å². The normalized spacial score (nSPS) is 24.4. The number of hydrogen-bond donors (Lipinski definition) is 1. The highest BCUT2D eigenvalue weighted by Crippen LogP contribution is 2.33. The summed E-state index contributed by atoms with van der Waals surface area (Å²) in [5, 5.41) is 3.02. The molecule has 0 radical (unpaired) electrons. The molecule has 1 aromatic rings. The molecule has 154 valence electrons. The van der Waals surface area contributed by atoms with E-state index in [2.05, 4.69) is 5.32 Å². The molecule has 1 N–H and O–H groups in total. The van der Waals surface area contributed by atoms with Crippen LogP contribution in [0, 0.1) is 0 Å². The Morgan fingerprint density at radius 3 is 2.57 bits per heavy atom. The third-order valence-electron chi connectivity index (χ3n) is 5.50. The van der Waals surface area contributed by atoms with Gasteiger partial charge in [0.25, 0.3) is 0 Å². The number of ether oxygens (including phenoxy) is 1. The number of hydrogen-bond acceptors (Lipinski definition) is 5. The van der Waals surface area contributed by atoms with Crippen LogP contribution in [-0.4, -0.2) is 62.6 Å². The van der Waals surface area contributed by atoms with Gasteiger partial charge in [-0.3, -0.25) is 14.5 Å². The number of benzene rings is 1. The van der Waals surface area contributed by atoms with E-state index in [4.69, 9.17) is 4.74 Å². The number of amides is 2. The molecular formula is C19H27N3O5S. The summed E-state index contributed by atoms with van der Waals surface area (Å²) in [5.41, 5.74) is -0.866. The number of nitrogens with one attached hydrogen (secondary N) is 1. The summed E-state index contributed by atoms with van der Waals surface area (Å²) in [6.07, 6.45) is 4.94. The number of methoxy groups -OCH3 is 1. The molecule has 0 unspecified atom stereocenters. The molecule has 0 aromatic heterocycles. The zero-order chi connectivity index (χ0) is 20.5. The Morgan fingerprint density at radius 2 is 1.96 bits per heavy atom. The minimum absolute atomic E-state index is 0.0557. The lowest BCUT2D eigenvalue weighted by atomic mass is 9.94. The maximum Gasteiger partial charge on any atom is 0.247 e. The van der Waals surface area contributed by atoms with Crippen LogP contribution in [0.2, 0.25) is 0 Å². The van der Waals surface area contributed by atoms with Crippen LogP contribution in [-0.2, 0) is 19.6 Å². The fourth-order valence-corrected chi connectivity index (χ4v) is 4.80. The van der Waals surface area contributed by atoms with E-state index in [-0.39, 0.29) is 25.0 Å². The van der Waals surface area contributed by atoms with Crippen molar-refractivity contribution in [1.82, 2.24) is 9.62 Å². The van der Waals surface area contributed by atoms with E-state index in [9.17, 15) is 18.0 Å². The number of carbonyl (C=O) groups excluding carboxylic acids is 2. The van der Waals surface area contributed by atoms with Crippen molar-refractivity contribution >= 4 is 27.5 Å². The fourth-order valence-electron chi connectivity index (χ4n) is 3.96. The maximum atomic E-state index is 13.3. The lowest BCUT2D eigenvalue weighted by molar-refractivity contribution is -0.133. The number of carbonyl (C=O) groups is 2. The first-order valence-electron chi connectivity index (χ1n) is 9.38. The molecule has 2 amide bonds. The van der Waals surface area contributed by atoms with Crippen molar-refractivity contribution < 1.29 is 22.7 Å². The minimum Gasteiger partial charge on any atom is -0.497 e. The van der Waals surface area contributed by atoms with Gasteiger partial charge in [0, 0.05) is 24.3 Å². The summed E-state index contributed by atoms with van der Waals surface area (Å²) in [4.78, 5) is 27.7. The van der Waals surface area contributed by atoms with Gasteiger partial charge >= 0.3 is 0 Å². The van der Waals surface area contributed by atoms with Crippen molar-refractivity contribution in [3.63, 3.8) is 0 Å². The molecule has 2 aliphatic rings. The number of anilines is 1. The highest BCUT2D eigenvalue weighted by atomic mass is 32.2. The number of nitrogens with zero attached hydrogens (tertiary/aromatic N) is 2. The Hall–Kier alpha value is -2.13. The summed E-state index contributed by atoms with van der Waals surface area (Å²) in [6, 6.07) is 6.93. The van der Waals surface area contributed by atoms with Gasteiger partial charge in [-0.05, 0) is 31.9 Å². The Kier molecular flexibility index (Phi) is 5.67. The molecule has 1 aliphatic carbocycles. The Labute approximate surface area is 165 Å². The van der Waals surface area contributed by atoms with Gasteiger partial charge in [0.15, 0.2) is 0 Å². The van der Waals surface area contributed by atoms with Crippen LogP contribution >= 0.6 is 0 Å². The summed E-state index contributed by atoms with van der Waals surface area (Å²) in [6.45, 7) is 1.21. The first kappa shape index (κ1) is 20.6. The van der Waals surface area contributed by atoms with Gasteiger partial charge < -0.3 is 10.1 Å². The van der Waals surface area contributed by atoms with Crippen LogP contribution in [0.1, 0.15) is 32.6 Å². The summed E-state index contributed by atoms with van der Waals surface area (Å²) in [5.74, 6) is -0.243. The monoisotopic (exact) mass is 409 g/mol. The molecule has 1 atom stereocenters. The fraction of sp³-hybridized carbons (Fsp3) is 0.579. The van der Waals surface area contributed by atoms with Crippen molar-refractivity contribution in [2.45, 2.75) is 44.2 Å². The molecule has 0 spiro atoms. The van der Waals surface area contributed by atoms with Crippen molar-refractivity contribution in [2.75, 3.05) is 31.4 Å². The maximum absolute atomic E-state index is 13.3. The second-order valence-electron chi connectivity index (χ2n) is 7.69. The molecular weight excluding hydrogens is 382 g/mol. The van der Waals surface area contributed by atoms with Crippen LogP contribution in [0.5, 0.6) is 5.75 Å². The van der Waals surface area contributed by atoms with E-state index in [1.807, 2.05) is 0 Å². The smallest absolute Gasteiger partial charge is 0.247 e. The number of rotatable bonds is 5. The molecule has 2 fully saturated rings. The average Bonchev–Trinajstić information content (AvgIpc) is 3.13. The van der Waals surface area contributed by atoms with Gasteiger partial charge in [-0.25, -0.2) is 8.42 Å². The topological polar surface area (TPSA) is 96.0 Å². The predicted molar refractivity (Wildman–Crippen MR) is 106 cm³/mol. The highest BCUT2D eigenvalue weighted by Gasteiger charge is 2.50. The van der Waals surface area contributed by atoms with Gasteiger partial charge in [-0.15, -0.1) is 0 Å². The quantitative estimate of drug-likeness (QED) is 0.786. The van der Waals surface area contributed by atoms with E-state index in [0.29, 0.717) is 11.4 Å². The summed E-state index contributed by atoms with van der Waals surface area (Å²) < 4.78 is 30.6. The lowest BCUT2D eigenvalue weighted by Crippen LogP contribution is -2.70.